The fourth-order valence-corrected chi connectivity index (χ4v) is 2.35. The van der Waals surface area contributed by atoms with Crippen LogP contribution >= 0.6 is 0 Å². The van der Waals surface area contributed by atoms with Crippen LogP contribution in [0.25, 0.3) is 0 Å². The maximum atomic E-state index is 11.5. The Kier molecular flexibility index (Phi) is 3.77. The summed E-state index contributed by atoms with van der Waals surface area (Å²) < 4.78 is 4.72. The number of carbonyl (C=O) groups is 1. The third-order valence-electron chi connectivity index (χ3n) is 3.54. The normalized spacial score (nSPS) is 32.5. The largest absolute Gasteiger partial charge is 0.469 e. The summed E-state index contributed by atoms with van der Waals surface area (Å²) in [5, 5.41) is 9.75. The Bertz CT molecular complexity index is 230. The van der Waals surface area contributed by atoms with Crippen molar-refractivity contribution in [3.63, 3.8) is 0 Å². The predicted octanol–water partition coefficient (Wildman–Crippen LogP) is 1.98. The third kappa shape index (κ3) is 2.94. The van der Waals surface area contributed by atoms with Crippen LogP contribution in [0.5, 0.6) is 0 Å². The van der Waals surface area contributed by atoms with Gasteiger partial charge in [0.15, 0.2) is 0 Å². The topological polar surface area (TPSA) is 46.5 Å². The summed E-state index contributed by atoms with van der Waals surface area (Å²) in [6.45, 7) is 6.55. The van der Waals surface area contributed by atoms with E-state index in [1.807, 2.05) is 0 Å². The Morgan fingerprint density at radius 1 is 1.33 bits per heavy atom. The van der Waals surface area contributed by atoms with Crippen molar-refractivity contribution in [3.8, 4) is 0 Å². The van der Waals surface area contributed by atoms with Crippen LogP contribution in [0.1, 0.15) is 40.0 Å². The minimum atomic E-state index is -0.518. The van der Waals surface area contributed by atoms with Crippen molar-refractivity contribution in [2.75, 3.05) is 7.11 Å². The van der Waals surface area contributed by atoms with Gasteiger partial charge in [0.25, 0.3) is 0 Å². The monoisotopic (exact) mass is 214 g/mol. The molecule has 0 aromatic rings. The first-order valence-electron chi connectivity index (χ1n) is 5.62. The molecule has 0 aromatic carbocycles. The molecule has 1 aliphatic rings. The number of rotatable bonds is 1. The molecule has 1 aliphatic carbocycles. The van der Waals surface area contributed by atoms with Crippen molar-refractivity contribution in [1.29, 1.82) is 0 Å². The van der Waals surface area contributed by atoms with Crippen molar-refractivity contribution in [2.24, 2.45) is 17.3 Å². The van der Waals surface area contributed by atoms with Gasteiger partial charge in [0, 0.05) is 0 Å². The number of hydrogen-bond acceptors (Lipinski definition) is 3. The molecular formula is C12H22O3. The summed E-state index contributed by atoms with van der Waals surface area (Å²) in [6, 6.07) is 0. The van der Waals surface area contributed by atoms with Crippen LogP contribution < -0.4 is 0 Å². The molecule has 15 heavy (non-hydrogen) atoms. The summed E-state index contributed by atoms with van der Waals surface area (Å²) in [5.41, 5.74) is 0.201. The van der Waals surface area contributed by atoms with E-state index in [4.69, 9.17) is 4.74 Å². The van der Waals surface area contributed by atoms with Gasteiger partial charge in [0.05, 0.1) is 19.1 Å². The van der Waals surface area contributed by atoms with Gasteiger partial charge in [-0.2, -0.15) is 0 Å². The quantitative estimate of drug-likeness (QED) is 0.679. The molecule has 0 heterocycles. The van der Waals surface area contributed by atoms with E-state index < -0.39 is 6.10 Å². The van der Waals surface area contributed by atoms with Crippen molar-refractivity contribution in [1.82, 2.24) is 0 Å². The van der Waals surface area contributed by atoms with Crippen LogP contribution in [0, 0.1) is 17.3 Å². The van der Waals surface area contributed by atoms with E-state index in [1.54, 1.807) is 0 Å². The van der Waals surface area contributed by atoms with E-state index in [1.165, 1.54) is 7.11 Å². The van der Waals surface area contributed by atoms with Gasteiger partial charge in [-0.15, -0.1) is 0 Å². The molecule has 88 valence electrons. The van der Waals surface area contributed by atoms with E-state index >= 15 is 0 Å². The lowest BCUT2D eigenvalue weighted by atomic mass is 9.68. The number of aliphatic hydroxyl groups is 1. The van der Waals surface area contributed by atoms with Crippen LogP contribution in [-0.4, -0.2) is 24.3 Å². The second-order valence-electron chi connectivity index (χ2n) is 5.57. The molecule has 3 nitrogen and oxygen atoms in total. The van der Waals surface area contributed by atoms with Gasteiger partial charge in [0.1, 0.15) is 0 Å². The van der Waals surface area contributed by atoms with E-state index in [-0.39, 0.29) is 17.3 Å². The lowest BCUT2D eigenvalue weighted by Crippen LogP contribution is -2.39. The van der Waals surface area contributed by atoms with Crippen LogP contribution in [0.4, 0.5) is 0 Å². The fraction of sp³-hybridized carbons (Fsp3) is 0.917. The summed E-state index contributed by atoms with van der Waals surface area (Å²) in [6.07, 6.45) is 1.94. The first kappa shape index (κ1) is 12.5. The molecule has 1 fully saturated rings. The number of esters is 1. The highest BCUT2D eigenvalue weighted by molar-refractivity contribution is 5.73. The van der Waals surface area contributed by atoms with Crippen molar-refractivity contribution >= 4 is 5.97 Å². The summed E-state index contributed by atoms with van der Waals surface area (Å²) in [4.78, 5) is 11.5. The molecule has 0 unspecified atom stereocenters. The standard InChI is InChI=1S/C12H22O3/c1-12(2,3)8-5-6-10(13)9(7-8)11(14)15-4/h8-10,13H,5-7H2,1-4H3/t8-,9-,10-/m0/s1. The third-order valence-corrected chi connectivity index (χ3v) is 3.54. The Morgan fingerprint density at radius 2 is 1.93 bits per heavy atom. The molecule has 3 heteroatoms. The molecule has 0 saturated heterocycles. The van der Waals surface area contributed by atoms with Crippen LogP contribution in [0.3, 0.4) is 0 Å². The SMILES string of the molecule is COC(=O)[C@H]1C[C@@H](C(C)(C)C)CC[C@@H]1O. The molecule has 1 N–H and O–H groups in total. The van der Waals surface area contributed by atoms with Crippen LogP contribution in [-0.2, 0) is 9.53 Å². The molecule has 0 bridgehead atoms. The number of hydrogen-bond donors (Lipinski definition) is 1. The minimum Gasteiger partial charge on any atom is -0.469 e. The zero-order valence-electron chi connectivity index (χ0n) is 10.1. The minimum absolute atomic E-state index is 0.201. The van der Waals surface area contributed by atoms with Gasteiger partial charge < -0.3 is 9.84 Å². The summed E-state index contributed by atoms with van der Waals surface area (Å²) in [7, 11) is 1.38. The Morgan fingerprint density at radius 3 is 2.40 bits per heavy atom. The molecule has 0 aliphatic heterocycles. The van der Waals surface area contributed by atoms with Crippen LogP contribution in [0.2, 0.25) is 0 Å². The van der Waals surface area contributed by atoms with E-state index in [0.29, 0.717) is 12.3 Å². The zero-order valence-corrected chi connectivity index (χ0v) is 10.1. The Balaban J connectivity index is 2.68. The first-order valence-corrected chi connectivity index (χ1v) is 5.62. The molecule has 0 aromatic heterocycles. The van der Waals surface area contributed by atoms with Gasteiger partial charge >= 0.3 is 5.97 Å². The predicted molar refractivity (Wildman–Crippen MR) is 58.3 cm³/mol. The smallest absolute Gasteiger partial charge is 0.311 e. The highest BCUT2D eigenvalue weighted by atomic mass is 16.5. The molecule has 1 rings (SSSR count). The zero-order chi connectivity index (χ0) is 11.6. The van der Waals surface area contributed by atoms with E-state index in [9.17, 15) is 9.90 Å². The fourth-order valence-electron chi connectivity index (χ4n) is 2.35. The summed E-state index contributed by atoms with van der Waals surface area (Å²) >= 11 is 0. The molecular weight excluding hydrogens is 192 g/mol. The Hall–Kier alpha value is -0.570. The van der Waals surface area contributed by atoms with Crippen molar-refractivity contribution < 1.29 is 14.6 Å². The molecule has 0 radical (unpaired) electrons. The molecule has 3 atom stereocenters. The summed E-state index contributed by atoms with van der Waals surface area (Å²) in [5.74, 6) is -0.102. The number of ether oxygens (including phenoxy) is 1. The number of aliphatic hydroxyl groups excluding tert-OH is 1. The van der Waals surface area contributed by atoms with Gasteiger partial charge in [0.2, 0.25) is 0 Å². The maximum absolute atomic E-state index is 11.5. The van der Waals surface area contributed by atoms with Gasteiger partial charge in [-0.05, 0) is 30.6 Å². The number of carbonyl (C=O) groups excluding carboxylic acids is 1. The highest BCUT2D eigenvalue weighted by Crippen LogP contribution is 2.40. The second kappa shape index (κ2) is 4.52. The van der Waals surface area contributed by atoms with E-state index in [2.05, 4.69) is 20.8 Å². The van der Waals surface area contributed by atoms with Gasteiger partial charge in [-0.1, -0.05) is 20.8 Å². The number of methoxy groups -OCH3 is 1. The van der Waals surface area contributed by atoms with E-state index in [0.717, 1.165) is 12.8 Å². The first-order chi connectivity index (χ1) is 6.86. The van der Waals surface area contributed by atoms with Gasteiger partial charge in [-0.25, -0.2) is 0 Å². The van der Waals surface area contributed by atoms with Crippen molar-refractivity contribution in [2.45, 2.75) is 46.1 Å². The lowest BCUT2D eigenvalue weighted by molar-refractivity contribution is -0.153. The average Bonchev–Trinajstić information content (AvgIpc) is 2.15. The molecule has 0 amide bonds. The second-order valence-corrected chi connectivity index (χ2v) is 5.57. The highest BCUT2D eigenvalue weighted by Gasteiger charge is 2.38. The maximum Gasteiger partial charge on any atom is 0.311 e. The van der Waals surface area contributed by atoms with Gasteiger partial charge in [-0.3, -0.25) is 4.79 Å². The molecule has 0 spiro atoms. The Labute approximate surface area is 91.8 Å². The van der Waals surface area contributed by atoms with Crippen LogP contribution in [0.15, 0.2) is 0 Å². The molecule has 1 saturated carbocycles. The average molecular weight is 214 g/mol. The lowest BCUT2D eigenvalue weighted by Gasteiger charge is -2.38. The van der Waals surface area contributed by atoms with Crippen molar-refractivity contribution in [3.05, 3.63) is 0 Å².